The summed E-state index contributed by atoms with van der Waals surface area (Å²) in [6.07, 6.45) is 0. The summed E-state index contributed by atoms with van der Waals surface area (Å²) in [6, 6.07) is 6.48. The summed E-state index contributed by atoms with van der Waals surface area (Å²) < 4.78 is 5.36. The molecule has 2 rings (SSSR count). The van der Waals surface area contributed by atoms with Crippen molar-refractivity contribution < 1.29 is 14.3 Å². The topological polar surface area (TPSA) is 89.4 Å². The van der Waals surface area contributed by atoms with Crippen molar-refractivity contribution in [2.24, 2.45) is 5.73 Å². The third-order valence-corrected chi connectivity index (χ3v) is 2.33. The average Bonchev–Trinajstić information content (AvgIpc) is 2.70. The van der Waals surface area contributed by atoms with Gasteiger partial charge in [0.25, 0.3) is 0 Å². The smallest absolute Gasteiger partial charge is 0.227 e. The quantitative estimate of drug-likeness (QED) is 0.782. The first kappa shape index (κ1) is 11.3. The van der Waals surface area contributed by atoms with Crippen LogP contribution in [-0.2, 0) is 0 Å². The van der Waals surface area contributed by atoms with E-state index in [2.05, 4.69) is 4.98 Å². The Morgan fingerprint density at radius 2 is 2.29 bits per heavy atom. The lowest BCUT2D eigenvalue weighted by Gasteiger charge is -1.96. The van der Waals surface area contributed by atoms with Gasteiger partial charge in [-0.25, -0.2) is 4.98 Å². The van der Waals surface area contributed by atoms with Crippen LogP contribution in [0.2, 0.25) is 0 Å². The molecule has 0 saturated heterocycles. The Hall–Kier alpha value is -2.14. The summed E-state index contributed by atoms with van der Waals surface area (Å²) in [7, 11) is 0. The highest BCUT2D eigenvalue weighted by Crippen LogP contribution is 2.24. The van der Waals surface area contributed by atoms with Crippen molar-refractivity contribution in [3.05, 3.63) is 35.7 Å². The molecule has 0 atom stereocenters. The molecule has 1 aromatic carbocycles. The maximum Gasteiger partial charge on any atom is 0.227 e. The number of oxazole rings is 1. The molecule has 0 aliphatic rings. The van der Waals surface area contributed by atoms with Crippen molar-refractivity contribution in [2.75, 3.05) is 6.54 Å². The second-order valence-electron chi connectivity index (χ2n) is 3.61. The lowest BCUT2D eigenvalue weighted by atomic mass is 10.2. The lowest BCUT2D eigenvalue weighted by molar-refractivity contribution is 0.0975. The van der Waals surface area contributed by atoms with Crippen LogP contribution in [0.15, 0.2) is 28.7 Å². The second-order valence-corrected chi connectivity index (χ2v) is 3.61. The van der Waals surface area contributed by atoms with Gasteiger partial charge < -0.3 is 15.3 Å². The van der Waals surface area contributed by atoms with Gasteiger partial charge in [-0.2, -0.15) is 0 Å². The minimum atomic E-state index is -0.290. The zero-order valence-electron chi connectivity index (χ0n) is 9.30. The van der Waals surface area contributed by atoms with Crippen LogP contribution < -0.4 is 5.73 Å². The molecule has 3 N–H and O–H groups in total. The van der Waals surface area contributed by atoms with Crippen LogP contribution in [0.3, 0.4) is 0 Å². The monoisotopic (exact) mass is 232 g/mol. The Morgan fingerprint density at radius 1 is 1.53 bits per heavy atom. The van der Waals surface area contributed by atoms with E-state index in [0.29, 0.717) is 17.1 Å². The van der Waals surface area contributed by atoms with Gasteiger partial charge in [0, 0.05) is 5.56 Å². The Bertz CT molecular complexity index is 561. The van der Waals surface area contributed by atoms with Crippen LogP contribution in [0.5, 0.6) is 5.75 Å². The van der Waals surface area contributed by atoms with Crippen molar-refractivity contribution in [1.82, 2.24) is 4.98 Å². The number of aromatic hydroxyl groups is 1. The number of Topliss-reactive ketones (excluding diaryl/α,β-unsaturated/α-hetero) is 1. The van der Waals surface area contributed by atoms with Crippen LogP contribution >= 0.6 is 0 Å². The molecule has 1 aromatic heterocycles. The number of hydrogen-bond donors (Lipinski definition) is 2. The SMILES string of the molecule is Cc1nc(-c2cccc(O)c2)oc1C(=O)CN. The van der Waals surface area contributed by atoms with E-state index in [1.54, 1.807) is 25.1 Å². The molecule has 88 valence electrons. The fraction of sp³-hybridized carbons (Fsp3) is 0.167. The van der Waals surface area contributed by atoms with Crippen LogP contribution in [0.25, 0.3) is 11.5 Å². The van der Waals surface area contributed by atoms with Gasteiger partial charge >= 0.3 is 0 Å². The number of carbonyl (C=O) groups is 1. The van der Waals surface area contributed by atoms with Crippen LogP contribution in [0.4, 0.5) is 0 Å². The van der Waals surface area contributed by atoms with Crippen LogP contribution in [0, 0.1) is 6.92 Å². The average molecular weight is 232 g/mol. The molecular weight excluding hydrogens is 220 g/mol. The van der Waals surface area contributed by atoms with E-state index in [0.717, 1.165) is 0 Å². The third-order valence-electron chi connectivity index (χ3n) is 2.33. The van der Waals surface area contributed by atoms with E-state index in [9.17, 15) is 9.90 Å². The van der Waals surface area contributed by atoms with Crippen molar-refractivity contribution in [1.29, 1.82) is 0 Å². The third kappa shape index (κ3) is 2.19. The molecule has 2 aromatic rings. The number of nitrogens with zero attached hydrogens (tertiary/aromatic N) is 1. The van der Waals surface area contributed by atoms with Crippen molar-refractivity contribution in [3.8, 4) is 17.2 Å². The maximum atomic E-state index is 11.4. The number of phenols is 1. The number of phenolic OH excluding ortho intramolecular Hbond substituents is 1. The fourth-order valence-electron chi connectivity index (χ4n) is 1.51. The Kier molecular flexibility index (Phi) is 2.93. The van der Waals surface area contributed by atoms with Gasteiger partial charge in [-0.15, -0.1) is 0 Å². The number of aryl methyl sites for hydroxylation is 1. The van der Waals surface area contributed by atoms with Gasteiger partial charge in [-0.1, -0.05) is 6.07 Å². The molecule has 17 heavy (non-hydrogen) atoms. The Labute approximate surface area is 97.9 Å². The van der Waals surface area contributed by atoms with Crippen molar-refractivity contribution in [2.45, 2.75) is 6.92 Å². The highest BCUT2D eigenvalue weighted by molar-refractivity contribution is 5.96. The predicted molar refractivity (Wildman–Crippen MR) is 61.7 cm³/mol. The summed E-state index contributed by atoms with van der Waals surface area (Å²) in [4.78, 5) is 15.6. The number of hydrogen-bond acceptors (Lipinski definition) is 5. The van der Waals surface area contributed by atoms with Gasteiger partial charge in [0.05, 0.1) is 12.2 Å². The molecular formula is C12H12N2O3. The number of aromatic nitrogens is 1. The van der Waals surface area contributed by atoms with Gasteiger partial charge in [-0.3, -0.25) is 4.79 Å². The van der Waals surface area contributed by atoms with Crippen molar-refractivity contribution in [3.63, 3.8) is 0 Å². The predicted octanol–water partition coefficient (Wildman–Crippen LogP) is 1.50. The molecule has 5 heteroatoms. The highest BCUT2D eigenvalue weighted by atomic mass is 16.4. The van der Waals surface area contributed by atoms with Gasteiger partial charge in [0.2, 0.25) is 11.7 Å². The van der Waals surface area contributed by atoms with Gasteiger partial charge in [0.1, 0.15) is 5.75 Å². The van der Waals surface area contributed by atoms with Gasteiger partial charge in [0.15, 0.2) is 5.76 Å². The van der Waals surface area contributed by atoms with E-state index < -0.39 is 0 Å². The molecule has 5 nitrogen and oxygen atoms in total. The highest BCUT2D eigenvalue weighted by Gasteiger charge is 2.16. The van der Waals surface area contributed by atoms with E-state index in [4.69, 9.17) is 10.2 Å². The minimum absolute atomic E-state index is 0.116. The molecule has 0 unspecified atom stereocenters. The molecule has 1 heterocycles. The normalized spacial score (nSPS) is 10.5. The second kappa shape index (κ2) is 4.39. The first-order chi connectivity index (χ1) is 8.11. The Morgan fingerprint density at radius 3 is 2.94 bits per heavy atom. The molecule has 0 aliphatic heterocycles. The number of ketones is 1. The zero-order valence-corrected chi connectivity index (χ0v) is 9.30. The molecule has 0 saturated carbocycles. The van der Waals surface area contributed by atoms with E-state index >= 15 is 0 Å². The molecule has 0 radical (unpaired) electrons. The summed E-state index contributed by atoms with van der Waals surface area (Å²) in [5.41, 5.74) is 6.38. The van der Waals surface area contributed by atoms with E-state index in [1.807, 2.05) is 0 Å². The molecule has 0 spiro atoms. The summed E-state index contributed by atoms with van der Waals surface area (Å²) in [5, 5.41) is 9.35. The molecule has 0 aliphatic carbocycles. The van der Waals surface area contributed by atoms with Crippen LogP contribution in [0.1, 0.15) is 16.2 Å². The number of carbonyl (C=O) groups excluding carboxylic acids is 1. The molecule has 0 fully saturated rings. The van der Waals surface area contributed by atoms with Gasteiger partial charge in [-0.05, 0) is 25.1 Å². The fourth-order valence-corrected chi connectivity index (χ4v) is 1.51. The zero-order chi connectivity index (χ0) is 12.4. The van der Waals surface area contributed by atoms with Crippen molar-refractivity contribution >= 4 is 5.78 Å². The lowest BCUT2D eigenvalue weighted by Crippen LogP contribution is -2.13. The summed E-state index contributed by atoms with van der Waals surface area (Å²) in [6.45, 7) is 1.56. The standard InChI is InChI=1S/C12H12N2O3/c1-7-11(10(16)6-13)17-12(14-7)8-3-2-4-9(15)5-8/h2-5,15H,6,13H2,1H3. The minimum Gasteiger partial charge on any atom is -0.508 e. The summed E-state index contributed by atoms with van der Waals surface area (Å²) >= 11 is 0. The summed E-state index contributed by atoms with van der Waals surface area (Å²) in [5.74, 6) is 0.299. The van der Waals surface area contributed by atoms with Crippen LogP contribution in [-0.4, -0.2) is 22.4 Å². The van der Waals surface area contributed by atoms with E-state index in [-0.39, 0.29) is 23.8 Å². The largest absolute Gasteiger partial charge is 0.508 e. The Balaban J connectivity index is 2.44. The number of rotatable bonds is 3. The first-order valence-electron chi connectivity index (χ1n) is 5.12. The first-order valence-corrected chi connectivity index (χ1v) is 5.12. The number of nitrogens with two attached hydrogens (primary N) is 1. The number of benzene rings is 1. The molecule has 0 bridgehead atoms. The molecule has 0 amide bonds. The maximum absolute atomic E-state index is 11.4. The van der Waals surface area contributed by atoms with E-state index in [1.165, 1.54) is 6.07 Å².